The molecule has 5 heteroatoms. The molecule has 4 nitrogen and oxygen atoms in total. The maximum absolute atomic E-state index is 13.1. The summed E-state index contributed by atoms with van der Waals surface area (Å²) in [4.78, 5) is 14.5. The highest BCUT2D eigenvalue weighted by atomic mass is 19.1. The standard InChI is InChI=1S/C20H24FNO3/c1-4-17-13(2)11-19(25-17)20(23)22(3)16-9-10-24-18(12-16)14-5-7-15(21)8-6-14/h5-8,11,16,18H,4,9-10,12H2,1-3H3/t16-,18-/m1/s1. The number of hydrogen-bond donors (Lipinski definition) is 0. The first-order valence-corrected chi connectivity index (χ1v) is 8.73. The Balaban J connectivity index is 1.71. The lowest BCUT2D eigenvalue weighted by Gasteiger charge is -2.35. The van der Waals surface area contributed by atoms with Gasteiger partial charge in [-0.25, -0.2) is 4.39 Å². The minimum atomic E-state index is -0.261. The number of halogens is 1. The predicted molar refractivity (Wildman–Crippen MR) is 93.0 cm³/mol. The summed E-state index contributed by atoms with van der Waals surface area (Å²) in [6, 6.07) is 8.24. The van der Waals surface area contributed by atoms with Crippen molar-refractivity contribution < 1.29 is 18.3 Å². The van der Waals surface area contributed by atoms with Crippen molar-refractivity contribution in [1.29, 1.82) is 0 Å². The van der Waals surface area contributed by atoms with Gasteiger partial charge in [-0.3, -0.25) is 4.79 Å². The zero-order chi connectivity index (χ0) is 18.0. The molecule has 0 bridgehead atoms. The van der Waals surface area contributed by atoms with Crippen LogP contribution in [0.25, 0.3) is 0 Å². The Morgan fingerprint density at radius 3 is 2.68 bits per heavy atom. The van der Waals surface area contributed by atoms with Crippen LogP contribution in [0.3, 0.4) is 0 Å². The van der Waals surface area contributed by atoms with E-state index >= 15 is 0 Å². The number of nitrogens with zero attached hydrogens (tertiary/aromatic N) is 1. The van der Waals surface area contributed by atoms with E-state index in [-0.39, 0.29) is 23.9 Å². The fourth-order valence-corrected chi connectivity index (χ4v) is 3.36. The first-order chi connectivity index (χ1) is 12.0. The monoisotopic (exact) mass is 345 g/mol. The minimum Gasteiger partial charge on any atom is -0.456 e. The van der Waals surface area contributed by atoms with Gasteiger partial charge in [0, 0.05) is 26.1 Å². The third kappa shape index (κ3) is 3.76. The van der Waals surface area contributed by atoms with E-state index in [1.165, 1.54) is 12.1 Å². The van der Waals surface area contributed by atoms with Crippen LogP contribution < -0.4 is 0 Å². The fraction of sp³-hybridized carbons (Fsp3) is 0.450. The first kappa shape index (κ1) is 17.7. The van der Waals surface area contributed by atoms with Crippen LogP contribution in [0.2, 0.25) is 0 Å². The zero-order valence-corrected chi connectivity index (χ0v) is 14.9. The highest BCUT2D eigenvalue weighted by Gasteiger charge is 2.30. The molecule has 134 valence electrons. The molecule has 1 saturated heterocycles. The second-order valence-electron chi connectivity index (χ2n) is 6.58. The van der Waals surface area contributed by atoms with Gasteiger partial charge in [-0.05, 0) is 49.1 Å². The van der Waals surface area contributed by atoms with E-state index in [1.807, 2.05) is 27.0 Å². The SMILES string of the molecule is CCc1oc(C(=O)N(C)[C@@H]2CCO[C@@H](c3ccc(F)cc3)C2)cc1C. The van der Waals surface area contributed by atoms with Crippen LogP contribution in [-0.2, 0) is 11.2 Å². The summed E-state index contributed by atoms with van der Waals surface area (Å²) < 4.78 is 24.6. The number of carbonyl (C=O) groups is 1. The van der Waals surface area contributed by atoms with E-state index in [0.717, 1.165) is 29.7 Å². The molecule has 0 unspecified atom stereocenters. The van der Waals surface area contributed by atoms with Gasteiger partial charge in [0.2, 0.25) is 0 Å². The number of hydrogen-bond acceptors (Lipinski definition) is 3. The van der Waals surface area contributed by atoms with Crippen LogP contribution in [0.15, 0.2) is 34.7 Å². The predicted octanol–water partition coefficient (Wildman–Crippen LogP) is 4.28. The Labute approximate surface area is 147 Å². The summed E-state index contributed by atoms with van der Waals surface area (Å²) in [5.41, 5.74) is 1.95. The average molecular weight is 345 g/mol. The summed E-state index contributed by atoms with van der Waals surface area (Å²) in [6.45, 7) is 4.54. The van der Waals surface area contributed by atoms with E-state index in [1.54, 1.807) is 17.0 Å². The second kappa shape index (κ2) is 7.40. The molecule has 0 radical (unpaired) electrons. The zero-order valence-electron chi connectivity index (χ0n) is 14.9. The minimum absolute atomic E-state index is 0.0618. The molecule has 2 heterocycles. The van der Waals surface area contributed by atoms with Crippen LogP contribution >= 0.6 is 0 Å². The summed E-state index contributed by atoms with van der Waals surface area (Å²) >= 11 is 0. The Morgan fingerprint density at radius 2 is 2.04 bits per heavy atom. The van der Waals surface area contributed by atoms with Crippen molar-refractivity contribution in [3.05, 3.63) is 58.8 Å². The molecule has 25 heavy (non-hydrogen) atoms. The van der Waals surface area contributed by atoms with Crippen molar-refractivity contribution in [2.45, 2.75) is 45.3 Å². The maximum Gasteiger partial charge on any atom is 0.289 e. The van der Waals surface area contributed by atoms with E-state index in [9.17, 15) is 9.18 Å². The lowest BCUT2D eigenvalue weighted by Crippen LogP contribution is -2.41. The molecular formula is C20H24FNO3. The van der Waals surface area contributed by atoms with Crippen molar-refractivity contribution in [3.63, 3.8) is 0 Å². The number of furan rings is 1. The fourth-order valence-electron chi connectivity index (χ4n) is 3.36. The molecule has 2 atom stereocenters. The Hall–Kier alpha value is -2.14. The molecule has 0 aliphatic carbocycles. The lowest BCUT2D eigenvalue weighted by atomic mass is 9.96. The third-order valence-electron chi connectivity index (χ3n) is 4.92. The smallest absolute Gasteiger partial charge is 0.289 e. The number of carbonyl (C=O) groups excluding carboxylic acids is 1. The average Bonchev–Trinajstić information content (AvgIpc) is 3.02. The molecule has 3 rings (SSSR count). The lowest BCUT2D eigenvalue weighted by molar-refractivity contribution is -0.0203. The van der Waals surface area contributed by atoms with Crippen molar-refractivity contribution >= 4 is 5.91 Å². The van der Waals surface area contributed by atoms with Gasteiger partial charge in [-0.15, -0.1) is 0 Å². The van der Waals surface area contributed by atoms with Crippen molar-refractivity contribution in [2.24, 2.45) is 0 Å². The van der Waals surface area contributed by atoms with Crippen LogP contribution in [0.4, 0.5) is 4.39 Å². The first-order valence-electron chi connectivity index (χ1n) is 8.73. The number of ether oxygens (including phenoxy) is 1. The van der Waals surface area contributed by atoms with Crippen molar-refractivity contribution in [2.75, 3.05) is 13.7 Å². The Morgan fingerprint density at radius 1 is 1.32 bits per heavy atom. The molecule has 1 aliphatic heterocycles. The van der Waals surface area contributed by atoms with Crippen LogP contribution in [0, 0.1) is 12.7 Å². The third-order valence-corrected chi connectivity index (χ3v) is 4.92. The van der Waals surface area contributed by atoms with E-state index in [2.05, 4.69) is 0 Å². The quantitative estimate of drug-likeness (QED) is 0.830. The molecule has 1 aromatic heterocycles. The maximum atomic E-state index is 13.1. The molecule has 1 amide bonds. The molecule has 0 spiro atoms. The summed E-state index contributed by atoms with van der Waals surface area (Å²) in [5.74, 6) is 0.880. The van der Waals surface area contributed by atoms with Gasteiger partial charge in [0.15, 0.2) is 5.76 Å². The summed E-state index contributed by atoms with van der Waals surface area (Å²) in [7, 11) is 1.81. The number of benzene rings is 1. The molecule has 0 N–H and O–H groups in total. The van der Waals surface area contributed by atoms with Gasteiger partial charge in [0.1, 0.15) is 11.6 Å². The number of aryl methyl sites for hydroxylation is 2. The van der Waals surface area contributed by atoms with Gasteiger partial charge < -0.3 is 14.1 Å². The summed E-state index contributed by atoms with van der Waals surface area (Å²) in [5, 5.41) is 0. The van der Waals surface area contributed by atoms with Gasteiger partial charge in [-0.2, -0.15) is 0 Å². The molecule has 1 aromatic carbocycles. The molecule has 0 saturated carbocycles. The van der Waals surface area contributed by atoms with E-state index < -0.39 is 0 Å². The molecular weight excluding hydrogens is 321 g/mol. The Kier molecular flexibility index (Phi) is 5.23. The highest BCUT2D eigenvalue weighted by molar-refractivity contribution is 5.91. The van der Waals surface area contributed by atoms with E-state index in [0.29, 0.717) is 18.8 Å². The van der Waals surface area contributed by atoms with Crippen molar-refractivity contribution in [1.82, 2.24) is 4.90 Å². The van der Waals surface area contributed by atoms with Gasteiger partial charge >= 0.3 is 0 Å². The second-order valence-corrected chi connectivity index (χ2v) is 6.58. The largest absolute Gasteiger partial charge is 0.456 e. The normalized spacial score (nSPS) is 20.5. The van der Waals surface area contributed by atoms with Crippen LogP contribution in [0.1, 0.15) is 53.3 Å². The van der Waals surface area contributed by atoms with Crippen molar-refractivity contribution in [3.8, 4) is 0 Å². The molecule has 1 fully saturated rings. The van der Waals surface area contributed by atoms with E-state index in [4.69, 9.17) is 9.15 Å². The van der Waals surface area contributed by atoms with Crippen LogP contribution in [0.5, 0.6) is 0 Å². The number of rotatable bonds is 4. The number of amides is 1. The summed E-state index contributed by atoms with van der Waals surface area (Å²) in [6.07, 6.45) is 2.11. The van der Waals surface area contributed by atoms with Gasteiger partial charge in [-0.1, -0.05) is 19.1 Å². The highest BCUT2D eigenvalue weighted by Crippen LogP contribution is 2.31. The van der Waals surface area contributed by atoms with Gasteiger partial charge in [0.25, 0.3) is 5.91 Å². The van der Waals surface area contributed by atoms with Crippen LogP contribution in [-0.4, -0.2) is 30.5 Å². The Bertz CT molecular complexity index is 738. The van der Waals surface area contributed by atoms with Gasteiger partial charge in [0.05, 0.1) is 6.10 Å². The molecule has 2 aromatic rings. The topological polar surface area (TPSA) is 42.7 Å². The molecule has 1 aliphatic rings.